The highest BCUT2D eigenvalue weighted by molar-refractivity contribution is 5.73. The predicted octanol–water partition coefficient (Wildman–Crippen LogP) is 3.51. The van der Waals surface area contributed by atoms with Gasteiger partial charge in [0.25, 0.3) is 0 Å². The van der Waals surface area contributed by atoms with E-state index in [9.17, 15) is 9.59 Å². The number of esters is 1. The molecule has 0 aliphatic heterocycles. The van der Waals surface area contributed by atoms with E-state index in [0.717, 1.165) is 32.1 Å². The van der Waals surface area contributed by atoms with Gasteiger partial charge in [-0.05, 0) is 12.8 Å². The summed E-state index contributed by atoms with van der Waals surface area (Å²) in [4.78, 5) is 21.9. The van der Waals surface area contributed by atoms with Crippen LogP contribution in [0.15, 0.2) is 0 Å². The molecule has 1 unspecified atom stereocenters. The van der Waals surface area contributed by atoms with Gasteiger partial charge in [0.2, 0.25) is 0 Å². The SMILES string of the molecule is CCCCCCC(CCCC)C(=O)OCC=O. The Balaban J connectivity index is 3.93. The van der Waals surface area contributed by atoms with Gasteiger partial charge in [-0.15, -0.1) is 0 Å². The number of unbranched alkanes of at least 4 members (excludes halogenated alkanes) is 4. The summed E-state index contributed by atoms with van der Waals surface area (Å²) < 4.78 is 4.90. The molecule has 0 spiro atoms. The second-order valence-electron chi connectivity index (χ2n) is 4.49. The zero-order valence-corrected chi connectivity index (χ0v) is 11.2. The van der Waals surface area contributed by atoms with Crippen LogP contribution in [0.3, 0.4) is 0 Å². The van der Waals surface area contributed by atoms with Gasteiger partial charge in [0.15, 0.2) is 6.29 Å². The lowest BCUT2D eigenvalue weighted by molar-refractivity contribution is -0.150. The fraction of sp³-hybridized carbons (Fsp3) is 0.857. The molecule has 0 radical (unpaired) electrons. The molecule has 0 saturated carbocycles. The van der Waals surface area contributed by atoms with Crippen LogP contribution in [-0.4, -0.2) is 18.9 Å². The minimum absolute atomic E-state index is 0.00763. The summed E-state index contributed by atoms with van der Waals surface area (Å²) in [5.74, 6) is -0.200. The third-order valence-corrected chi connectivity index (χ3v) is 2.94. The van der Waals surface area contributed by atoms with Crippen molar-refractivity contribution in [2.75, 3.05) is 6.61 Å². The number of hydrogen-bond donors (Lipinski definition) is 0. The van der Waals surface area contributed by atoms with E-state index in [0.29, 0.717) is 6.29 Å². The zero-order valence-electron chi connectivity index (χ0n) is 11.2. The third-order valence-electron chi connectivity index (χ3n) is 2.94. The summed E-state index contributed by atoms with van der Waals surface area (Å²) in [6.45, 7) is 4.19. The Morgan fingerprint density at radius 1 is 1.06 bits per heavy atom. The number of carbonyl (C=O) groups excluding carboxylic acids is 2. The molecule has 0 aliphatic rings. The van der Waals surface area contributed by atoms with Gasteiger partial charge in [0.1, 0.15) is 6.61 Å². The molecule has 0 aliphatic carbocycles. The van der Waals surface area contributed by atoms with Crippen molar-refractivity contribution in [2.24, 2.45) is 5.92 Å². The van der Waals surface area contributed by atoms with Crippen LogP contribution in [0.2, 0.25) is 0 Å². The van der Waals surface area contributed by atoms with Crippen molar-refractivity contribution < 1.29 is 14.3 Å². The van der Waals surface area contributed by atoms with E-state index in [1.807, 2.05) is 0 Å². The first kappa shape index (κ1) is 16.1. The lowest BCUT2D eigenvalue weighted by Gasteiger charge is -2.14. The zero-order chi connectivity index (χ0) is 12.9. The molecule has 0 rings (SSSR count). The summed E-state index contributed by atoms with van der Waals surface area (Å²) in [5.41, 5.74) is 0. The highest BCUT2D eigenvalue weighted by Crippen LogP contribution is 2.18. The standard InChI is InChI=1S/C14H26O3/c1-3-5-7-8-10-13(9-6-4-2)14(16)17-12-11-15/h11,13H,3-10,12H2,1-2H3. The van der Waals surface area contributed by atoms with Gasteiger partial charge in [0, 0.05) is 0 Å². The maximum atomic E-state index is 11.7. The second kappa shape index (κ2) is 11.6. The molecule has 0 bridgehead atoms. The molecule has 0 aromatic rings. The van der Waals surface area contributed by atoms with Gasteiger partial charge < -0.3 is 4.74 Å². The van der Waals surface area contributed by atoms with Crippen LogP contribution in [0.1, 0.15) is 65.2 Å². The average molecular weight is 242 g/mol. The van der Waals surface area contributed by atoms with Gasteiger partial charge in [-0.1, -0.05) is 52.4 Å². The quantitative estimate of drug-likeness (QED) is 0.316. The highest BCUT2D eigenvalue weighted by Gasteiger charge is 2.18. The number of hydrogen-bond acceptors (Lipinski definition) is 3. The Labute approximate surface area is 105 Å². The summed E-state index contributed by atoms with van der Waals surface area (Å²) in [5, 5.41) is 0. The largest absolute Gasteiger partial charge is 0.458 e. The third kappa shape index (κ3) is 8.90. The summed E-state index contributed by atoms with van der Waals surface area (Å²) in [6.07, 6.45) is 9.25. The van der Waals surface area contributed by atoms with Crippen LogP contribution in [0.4, 0.5) is 0 Å². The Bertz CT molecular complexity index is 202. The van der Waals surface area contributed by atoms with Crippen LogP contribution in [0.25, 0.3) is 0 Å². The van der Waals surface area contributed by atoms with Crippen LogP contribution >= 0.6 is 0 Å². The Morgan fingerprint density at radius 2 is 1.71 bits per heavy atom. The molecular formula is C14H26O3. The molecule has 0 fully saturated rings. The topological polar surface area (TPSA) is 43.4 Å². The lowest BCUT2D eigenvalue weighted by atomic mass is 9.95. The highest BCUT2D eigenvalue weighted by atomic mass is 16.5. The lowest BCUT2D eigenvalue weighted by Crippen LogP contribution is -2.19. The number of ether oxygens (including phenoxy) is 1. The number of aldehydes is 1. The monoisotopic (exact) mass is 242 g/mol. The molecule has 0 heterocycles. The van der Waals surface area contributed by atoms with E-state index >= 15 is 0 Å². The molecular weight excluding hydrogens is 216 g/mol. The minimum atomic E-state index is -0.193. The van der Waals surface area contributed by atoms with Crippen LogP contribution in [0.5, 0.6) is 0 Å². The Morgan fingerprint density at radius 3 is 2.29 bits per heavy atom. The average Bonchev–Trinajstić information content (AvgIpc) is 2.35. The smallest absolute Gasteiger partial charge is 0.309 e. The van der Waals surface area contributed by atoms with E-state index in [-0.39, 0.29) is 18.5 Å². The first-order chi connectivity index (χ1) is 8.26. The van der Waals surface area contributed by atoms with Crippen molar-refractivity contribution in [2.45, 2.75) is 65.2 Å². The van der Waals surface area contributed by atoms with Crippen molar-refractivity contribution in [1.29, 1.82) is 0 Å². The number of rotatable bonds is 11. The van der Waals surface area contributed by atoms with Crippen LogP contribution in [0, 0.1) is 5.92 Å². The molecule has 3 heteroatoms. The summed E-state index contributed by atoms with van der Waals surface area (Å²) >= 11 is 0. The van der Waals surface area contributed by atoms with Gasteiger partial charge in [-0.2, -0.15) is 0 Å². The van der Waals surface area contributed by atoms with Crippen molar-refractivity contribution in [3.8, 4) is 0 Å². The molecule has 1 atom stereocenters. The Kier molecular flexibility index (Phi) is 11.0. The van der Waals surface area contributed by atoms with E-state index in [1.54, 1.807) is 0 Å². The first-order valence-electron chi connectivity index (χ1n) is 6.86. The van der Waals surface area contributed by atoms with E-state index in [2.05, 4.69) is 13.8 Å². The first-order valence-corrected chi connectivity index (χ1v) is 6.86. The van der Waals surface area contributed by atoms with Crippen molar-refractivity contribution >= 4 is 12.3 Å². The van der Waals surface area contributed by atoms with E-state index in [1.165, 1.54) is 19.3 Å². The molecule has 0 aromatic heterocycles. The Hall–Kier alpha value is -0.860. The number of carbonyl (C=O) groups is 2. The maximum absolute atomic E-state index is 11.7. The predicted molar refractivity (Wildman–Crippen MR) is 68.8 cm³/mol. The van der Waals surface area contributed by atoms with Crippen LogP contribution < -0.4 is 0 Å². The van der Waals surface area contributed by atoms with Gasteiger partial charge in [0.05, 0.1) is 5.92 Å². The minimum Gasteiger partial charge on any atom is -0.458 e. The molecule has 17 heavy (non-hydrogen) atoms. The van der Waals surface area contributed by atoms with E-state index in [4.69, 9.17) is 4.74 Å². The van der Waals surface area contributed by atoms with Gasteiger partial charge in [-0.25, -0.2) is 0 Å². The molecule has 0 N–H and O–H groups in total. The second-order valence-corrected chi connectivity index (χ2v) is 4.49. The normalized spacial score (nSPS) is 12.1. The van der Waals surface area contributed by atoms with Gasteiger partial charge in [-0.3, -0.25) is 9.59 Å². The fourth-order valence-electron chi connectivity index (χ4n) is 1.88. The van der Waals surface area contributed by atoms with Crippen molar-refractivity contribution in [3.05, 3.63) is 0 Å². The maximum Gasteiger partial charge on any atom is 0.309 e. The molecule has 0 aromatic carbocycles. The van der Waals surface area contributed by atoms with Crippen LogP contribution in [-0.2, 0) is 14.3 Å². The van der Waals surface area contributed by atoms with E-state index < -0.39 is 0 Å². The summed E-state index contributed by atoms with van der Waals surface area (Å²) in [7, 11) is 0. The molecule has 100 valence electrons. The van der Waals surface area contributed by atoms with Gasteiger partial charge >= 0.3 is 5.97 Å². The molecule has 3 nitrogen and oxygen atoms in total. The van der Waals surface area contributed by atoms with Crippen molar-refractivity contribution in [3.63, 3.8) is 0 Å². The molecule has 0 saturated heterocycles. The van der Waals surface area contributed by atoms with Crippen molar-refractivity contribution in [1.82, 2.24) is 0 Å². The summed E-state index contributed by atoms with van der Waals surface area (Å²) in [6, 6.07) is 0. The fourth-order valence-corrected chi connectivity index (χ4v) is 1.88. The molecule has 0 amide bonds.